The lowest BCUT2D eigenvalue weighted by atomic mass is 10.3. The number of rotatable bonds is 5. The second kappa shape index (κ2) is 6.13. The fraction of sp³-hybridized carbons (Fsp3) is 0.286. The average Bonchev–Trinajstić information content (AvgIpc) is 3.10. The molecule has 3 rings (SSSR count). The summed E-state index contributed by atoms with van der Waals surface area (Å²) in [6, 6.07) is 1.77. The van der Waals surface area contributed by atoms with E-state index in [4.69, 9.17) is 0 Å². The summed E-state index contributed by atoms with van der Waals surface area (Å²) in [4.78, 5) is 12.2. The monoisotopic (exact) mass is 347 g/mol. The molecule has 1 N–H and O–H groups in total. The summed E-state index contributed by atoms with van der Waals surface area (Å²) >= 11 is 0. The van der Waals surface area contributed by atoms with Crippen LogP contribution in [0.1, 0.15) is 11.5 Å². The second-order valence-electron chi connectivity index (χ2n) is 5.30. The van der Waals surface area contributed by atoms with E-state index < -0.39 is 10.0 Å². The van der Waals surface area contributed by atoms with Gasteiger partial charge in [0.15, 0.2) is 5.03 Å². The summed E-state index contributed by atoms with van der Waals surface area (Å²) in [6.45, 7) is 1.84. The molecule has 0 atom stereocenters. The van der Waals surface area contributed by atoms with Gasteiger partial charge in [0, 0.05) is 32.7 Å². The molecule has 0 aromatic carbocycles. The van der Waals surface area contributed by atoms with E-state index in [2.05, 4.69) is 24.8 Å². The molecule has 9 nitrogen and oxygen atoms in total. The van der Waals surface area contributed by atoms with Crippen molar-refractivity contribution in [2.24, 2.45) is 14.1 Å². The van der Waals surface area contributed by atoms with E-state index in [1.165, 1.54) is 6.20 Å². The summed E-state index contributed by atoms with van der Waals surface area (Å²) < 4.78 is 30.4. The highest BCUT2D eigenvalue weighted by molar-refractivity contribution is 7.89. The molecule has 0 aliphatic rings. The van der Waals surface area contributed by atoms with E-state index in [0.29, 0.717) is 22.9 Å². The molecule has 0 unspecified atom stereocenters. The number of nitrogens with zero attached hydrogens (tertiary/aromatic N) is 6. The Bertz CT molecular complexity index is 941. The summed E-state index contributed by atoms with van der Waals surface area (Å²) in [5.41, 5.74) is 1.96. The molecule has 3 heterocycles. The van der Waals surface area contributed by atoms with Gasteiger partial charge >= 0.3 is 0 Å². The van der Waals surface area contributed by atoms with Gasteiger partial charge in [0.25, 0.3) is 10.0 Å². The number of imidazole rings is 1. The van der Waals surface area contributed by atoms with Gasteiger partial charge in [0.2, 0.25) is 0 Å². The van der Waals surface area contributed by atoms with Gasteiger partial charge in [0.05, 0.1) is 18.4 Å². The third-order valence-electron chi connectivity index (χ3n) is 3.61. The number of sulfonamides is 1. The highest BCUT2D eigenvalue weighted by atomic mass is 32.2. The predicted molar refractivity (Wildman–Crippen MR) is 86.2 cm³/mol. The van der Waals surface area contributed by atoms with Crippen molar-refractivity contribution in [2.75, 3.05) is 0 Å². The predicted octanol–water partition coefficient (Wildman–Crippen LogP) is 0.398. The Morgan fingerprint density at radius 1 is 1.21 bits per heavy atom. The van der Waals surface area contributed by atoms with Crippen LogP contribution in [0.5, 0.6) is 0 Å². The van der Waals surface area contributed by atoms with E-state index in [9.17, 15) is 8.42 Å². The summed E-state index contributed by atoms with van der Waals surface area (Å²) in [6.07, 6.45) is 6.24. The van der Waals surface area contributed by atoms with Crippen LogP contribution in [-0.2, 0) is 30.7 Å². The fourth-order valence-electron chi connectivity index (χ4n) is 2.13. The van der Waals surface area contributed by atoms with Crippen LogP contribution >= 0.6 is 0 Å². The van der Waals surface area contributed by atoms with Crippen LogP contribution in [-0.4, -0.2) is 37.7 Å². The van der Waals surface area contributed by atoms with Gasteiger partial charge in [0.1, 0.15) is 17.2 Å². The highest BCUT2D eigenvalue weighted by Gasteiger charge is 2.19. The fourth-order valence-corrected chi connectivity index (χ4v) is 3.16. The lowest BCUT2D eigenvalue weighted by Crippen LogP contribution is -2.24. The Hall–Kier alpha value is -2.59. The SMILES string of the molecule is Cc1nc(S(=O)(=O)NCc2cc(-c3cnccn3)nn2C)cn1C. The topological polar surface area (TPSA) is 108 Å². The van der Waals surface area contributed by atoms with Crippen LogP contribution in [0.25, 0.3) is 11.4 Å². The van der Waals surface area contributed by atoms with Crippen molar-refractivity contribution in [3.05, 3.63) is 42.4 Å². The molecule has 0 amide bonds. The normalized spacial score (nSPS) is 11.8. The average molecular weight is 347 g/mol. The summed E-state index contributed by atoms with van der Waals surface area (Å²) in [5, 5.41) is 4.33. The Balaban J connectivity index is 1.78. The number of hydrogen-bond acceptors (Lipinski definition) is 6. The van der Waals surface area contributed by atoms with Gasteiger partial charge in [-0.15, -0.1) is 0 Å². The first kappa shape index (κ1) is 16.3. The van der Waals surface area contributed by atoms with Crippen molar-refractivity contribution in [3.63, 3.8) is 0 Å². The van der Waals surface area contributed by atoms with Crippen LogP contribution in [0.3, 0.4) is 0 Å². The summed E-state index contributed by atoms with van der Waals surface area (Å²) in [7, 11) is -0.193. The van der Waals surface area contributed by atoms with Gasteiger partial charge < -0.3 is 4.57 Å². The maximum Gasteiger partial charge on any atom is 0.259 e. The van der Waals surface area contributed by atoms with Crippen LogP contribution in [0.2, 0.25) is 0 Å². The Morgan fingerprint density at radius 3 is 2.62 bits per heavy atom. The molecule has 3 aromatic rings. The van der Waals surface area contributed by atoms with Gasteiger partial charge in [-0.2, -0.15) is 5.10 Å². The van der Waals surface area contributed by atoms with E-state index in [0.717, 1.165) is 0 Å². The zero-order valence-corrected chi connectivity index (χ0v) is 14.3. The van der Waals surface area contributed by atoms with Crippen LogP contribution in [0.15, 0.2) is 35.9 Å². The lowest BCUT2D eigenvalue weighted by molar-refractivity contribution is 0.574. The van der Waals surface area contributed by atoms with Gasteiger partial charge in [-0.1, -0.05) is 0 Å². The van der Waals surface area contributed by atoms with E-state index in [1.54, 1.807) is 54.9 Å². The van der Waals surface area contributed by atoms with Crippen LogP contribution in [0, 0.1) is 6.92 Å². The van der Waals surface area contributed by atoms with Crippen molar-refractivity contribution >= 4 is 10.0 Å². The number of aromatic nitrogens is 6. The molecule has 24 heavy (non-hydrogen) atoms. The molecule has 0 radical (unpaired) electrons. The highest BCUT2D eigenvalue weighted by Crippen LogP contribution is 2.15. The smallest absolute Gasteiger partial charge is 0.259 e. The Kier molecular flexibility index (Phi) is 4.16. The lowest BCUT2D eigenvalue weighted by Gasteiger charge is -2.04. The zero-order valence-electron chi connectivity index (χ0n) is 13.5. The number of aryl methyl sites for hydroxylation is 3. The summed E-state index contributed by atoms with van der Waals surface area (Å²) in [5.74, 6) is 0.626. The maximum atomic E-state index is 12.3. The molecule has 3 aromatic heterocycles. The molecule has 0 spiro atoms. The van der Waals surface area contributed by atoms with Crippen molar-refractivity contribution in [1.29, 1.82) is 0 Å². The van der Waals surface area contributed by atoms with Gasteiger partial charge in [-0.25, -0.2) is 18.1 Å². The maximum absolute atomic E-state index is 12.3. The van der Waals surface area contributed by atoms with Gasteiger partial charge in [-0.3, -0.25) is 14.6 Å². The zero-order chi connectivity index (χ0) is 17.3. The third-order valence-corrected chi connectivity index (χ3v) is 4.88. The van der Waals surface area contributed by atoms with Crippen molar-refractivity contribution in [1.82, 2.24) is 34.0 Å². The third kappa shape index (κ3) is 3.19. The largest absolute Gasteiger partial charge is 0.337 e. The first-order valence-electron chi connectivity index (χ1n) is 7.16. The minimum Gasteiger partial charge on any atom is -0.337 e. The first-order chi connectivity index (χ1) is 11.4. The second-order valence-corrected chi connectivity index (χ2v) is 7.01. The molecule has 0 saturated carbocycles. The van der Waals surface area contributed by atoms with Crippen LogP contribution in [0.4, 0.5) is 0 Å². The minimum absolute atomic E-state index is 0.00109. The van der Waals surface area contributed by atoms with E-state index in [-0.39, 0.29) is 11.6 Å². The van der Waals surface area contributed by atoms with Gasteiger partial charge in [-0.05, 0) is 13.0 Å². The molecule has 0 aliphatic carbocycles. The minimum atomic E-state index is -3.68. The Labute approximate surface area is 139 Å². The van der Waals surface area contributed by atoms with E-state index in [1.807, 2.05) is 0 Å². The molecular formula is C14H17N7O2S. The van der Waals surface area contributed by atoms with Crippen molar-refractivity contribution in [2.45, 2.75) is 18.5 Å². The molecule has 126 valence electrons. The van der Waals surface area contributed by atoms with E-state index >= 15 is 0 Å². The van der Waals surface area contributed by atoms with Crippen molar-refractivity contribution < 1.29 is 8.42 Å². The quantitative estimate of drug-likeness (QED) is 0.716. The molecule has 0 aliphatic heterocycles. The number of hydrogen-bond donors (Lipinski definition) is 1. The molecule has 0 fully saturated rings. The first-order valence-corrected chi connectivity index (χ1v) is 8.64. The molecule has 0 saturated heterocycles. The Morgan fingerprint density at radius 2 is 2.00 bits per heavy atom. The van der Waals surface area contributed by atoms with Crippen molar-refractivity contribution in [3.8, 4) is 11.4 Å². The van der Waals surface area contributed by atoms with Crippen LogP contribution < -0.4 is 4.72 Å². The molecule has 0 bridgehead atoms. The number of nitrogens with one attached hydrogen (secondary N) is 1. The molecular weight excluding hydrogens is 330 g/mol. The standard InChI is InChI=1S/C14H17N7O2S/c1-10-18-14(9-20(10)2)24(22,23)17-7-11-6-12(19-21(11)3)13-8-15-4-5-16-13/h4-6,8-9,17H,7H2,1-3H3. The molecule has 10 heteroatoms.